The van der Waals surface area contributed by atoms with Gasteiger partial charge in [0.05, 0.1) is 13.2 Å². The van der Waals surface area contributed by atoms with Crippen molar-refractivity contribution in [1.82, 2.24) is 10.2 Å². The van der Waals surface area contributed by atoms with Crippen LogP contribution >= 0.6 is 0 Å². The van der Waals surface area contributed by atoms with Crippen LogP contribution in [-0.4, -0.2) is 67.1 Å². The Balaban J connectivity index is 2.71. The van der Waals surface area contributed by atoms with E-state index in [1.807, 2.05) is 13.8 Å². The van der Waals surface area contributed by atoms with E-state index in [1.54, 1.807) is 12.0 Å². The van der Waals surface area contributed by atoms with Gasteiger partial charge in [-0.1, -0.05) is 0 Å². The normalized spacial score (nSPS) is 22.5. The highest BCUT2D eigenvalue weighted by Gasteiger charge is 2.44. The molecule has 0 aromatic rings. The number of ether oxygens (including phenoxy) is 2. The molecule has 1 aliphatic heterocycles. The summed E-state index contributed by atoms with van der Waals surface area (Å²) in [7, 11) is 1.56. The van der Waals surface area contributed by atoms with Crippen molar-refractivity contribution >= 4 is 12.0 Å². The van der Waals surface area contributed by atoms with Crippen LogP contribution < -0.4 is 5.32 Å². The molecular formula is C12H22N2O5. The summed E-state index contributed by atoms with van der Waals surface area (Å²) in [5.74, 6) is -1.06. The van der Waals surface area contributed by atoms with Crippen LogP contribution in [0.5, 0.6) is 0 Å². The first-order valence-corrected chi connectivity index (χ1v) is 6.32. The number of carboxylic acid groups (broad SMARTS) is 1. The molecule has 2 N–H and O–H groups in total. The van der Waals surface area contributed by atoms with Gasteiger partial charge in [-0.15, -0.1) is 0 Å². The summed E-state index contributed by atoms with van der Waals surface area (Å²) in [5.41, 5.74) is -1.31. The van der Waals surface area contributed by atoms with E-state index in [4.69, 9.17) is 9.47 Å². The van der Waals surface area contributed by atoms with E-state index in [9.17, 15) is 14.7 Å². The van der Waals surface area contributed by atoms with E-state index in [1.165, 1.54) is 0 Å². The van der Waals surface area contributed by atoms with Crippen LogP contribution in [0.15, 0.2) is 0 Å². The molecule has 0 aliphatic carbocycles. The number of carbonyl (C=O) groups excluding carboxylic acids is 1. The van der Waals surface area contributed by atoms with Crippen molar-refractivity contribution in [3.05, 3.63) is 0 Å². The average Bonchev–Trinajstić information content (AvgIpc) is 2.79. The van der Waals surface area contributed by atoms with Gasteiger partial charge in [0.2, 0.25) is 0 Å². The lowest BCUT2D eigenvalue weighted by molar-refractivity contribution is -0.144. The van der Waals surface area contributed by atoms with Crippen molar-refractivity contribution in [3.8, 4) is 0 Å². The Morgan fingerprint density at radius 2 is 2.21 bits per heavy atom. The molecule has 1 aliphatic rings. The summed E-state index contributed by atoms with van der Waals surface area (Å²) in [5, 5.41) is 11.9. The molecule has 2 amide bonds. The number of rotatable bonds is 6. The molecule has 7 heteroatoms. The van der Waals surface area contributed by atoms with Crippen molar-refractivity contribution in [2.75, 3.05) is 33.5 Å². The molecule has 1 fully saturated rings. The Kier molecular flexibility index (Phi) is 5.56. The van der Waals surface area contributed by atoms with Crippen molar-refractivity contribution in [2.45, 2.75) is 31.8 Å². The second-order valence-electron chi connectivity index (χ2n) is 4.90. The molecular weight excluding hydrogens is 252 g/mol. The lowest BCUT2D eigenvalue weighted by Crippen LogP contribution is -2.59. The Labute approximate surface area is 112 Å². The number of amides is 2. The van der Waals surface area contributed by atoms with Crippen molar-refractivity contribution in [1.29, 1.82) is 0 Å². The van der Waals surface area contributed by atoms with E-state index < -0.39 is 17.5 Å². The number of carbonyl (C=O) groups is 2. The van der Waals surface area contributed by atoms with E-state index in [-0.39, 0.29) is 19.1 Å². The number of urea groups is 1. The maximum absolute atomic E-state index is 12.2. The van der Waals surface area contributed by atoms with Gasteiger partial charge < -0.3 is 24.8 Å². The zero-order valence-electron chi connectivity index (χ0n) is 11.6. The van der Waals surface area contributed by atoms with Crippen LogP contribution in [0.2, 0.25) is 0 Å². The molecule has 1 saturated heterocycles. The molecule has 1 unspecified atom stereocenters. The third-order valence-corrected chi connectivity index (χ3v) is 3.20. The summed E-state index contributed by atoms with van der Waals surface area (Å²) >= 11 is 0. The van der Waals surface area contributed by atoms with E-state index >= 15 is 0 Å². The number of hydrogen-bond donors (Lipinski definition) is 2. The Hall–Kier alpha value is -1.34. The molecule has 19 heavy (non-hydrogen) atoms. The van der Waals surface area contributed by atoms with Crippen LogP contribution in [0.4, 0.5) is 4.79 Å². The first kappa shape index (κ1) is 15.7. The van der Waals surface area contributed by atoms with Gasteiger partial charge in [0.25, 0.3) is 0 Å². The van der Waals surface area contributed by atoms with Gasteiger partial charge in [-0.3, -0.25) is 0 Å². The van der Waals surface area contributed by atoms with E-state index in [0.717, 1.165) is 0 Å². The van der Waals surface area contributed by atoms with Crippen LogP contribution in [0.3, 0.4) is 0 Å². The summed E-state index contributed by atoms with van der Waals surface area (Å²) in [6, 6.07) is -0.441. The first-order chi connectivity index (χ1) is 8.93. The minimum Gasteiger partial charge on any atom is -0.479 e. The number of carboxylic acids is 1. The van der Waals surface area contributed by atoms with Gasteiger partial charge in [0.1, 0.15) is 0 Å². The maximum Gasteiger partial charge on any atom is 0.332 e. The average molecular weight is 274 g/mol. The second kappa shape index (κ2) is 6.72. The number of nitrogens with one attached hydrogen (secondary N) is 1. The molecule has 1 heterocycles. The molecule has 0 bridgehead atoms. The topological polar surface area (TPSA) is 88.1 Å². The lowest BCUT2D eigenvalue weighted by Gasteiger charge is -2.31. The number of nitrogens with zero attached hydrogens (tertiary/aromatic N) is 1. The van der Waals surface area contributed by atoms with Crippen molar-refractivity contribution < 1.29 is 24.2 Å². The molecule has 1 rings (SSSR count). The molecule has 0 spiro atoms. The van der Waals surface area contributed by atoms with Gasteiger partial charge in [-0.05, 0) is 13.8 Å². The summed E-state index contributed by atoms with van der Waals surface area (Å²) in [6.45, 7) is 4.90. The monoisotopic (exact) mass is 274 g/mol. The van der Waals surface area contributed by atoms with Crippen LogP contribution in [0, 0.1) is 0 Å². The summed E-state index contributed by atoms with van der Waals surface area (Å²) in [6.07, 6.45) is 0.282. The molecule has 7 nitrogen and oxygen atoms in total. The first-order valence-electron chi connectivity index (χ1n) is 6.32. The largest absolute Gasteiger partial charge is 0.479 e. The molecule has 0 aromatic carbocycles. The minimum atomic E-state index is -1.31. The lowest BCUT2D eigenvalue weighted by atomic mass is 9.99. The fourth-order valence-corrected chi connectivity index (χ4v) is 1.95. The van der Waals surface area contributed by atoms with Gasteiger partial charge in [0.15, 0.2) is 5.54 Å². The van der Waals surface area contributed by atoms with Crippen LogP contribution in [0.25, 0.3) is 0 Å². The molecule has 1 atom stereocenters. The highest BCUT2D eigenvalue weighted by Crippen LogP contribution is 2.19. The second-order valence-corrected chi connectivity index (χ2v) is 4.90. The summed E-state index contributed by atoms with van der Waals surface area (Å²) < 4.78 is 10.1. The maximum atomic E-state index is 12.2. The third-order valence-electron chi connectivity index (χ3n) is 3.20. The molecule has 0 radical (unpaired) electrons. The van der Waals surface area contributed by atoms with Gasteiger partial charge >= 0.3 is 12.0 Å². The predicted molar refractivity (Wildman–Crippen MR) is 68.1 cm³/mol. The third kappa shape index (κ3) is 3.81. The van der Waals surface area contributed by atoms with Crippen molar-refractivity contribution in [3.63, 3.8) is 0 Å². The quantitative estimate of drug-likeness (QED) is 0.727. The predicted octanol–water partition coefficient (Wildman–Crippen LogP) is 0.297. The SMILES string of the molecule is COCCN(C(=O)NC1(C(=O)O)CCOC1)C(C)C. The van der Waals surface area contributed by atoms with Crippen LogP contribution in [0.1, 0.15) is 20.3 Å². The van der Waals surface area contributed by atoms with Gasteiger partial charge in [-0.2, -0.15) is 0 Å². The van der Waals surface area contributed by atoms with Crippen LogP contribution in [-0.2, 0) is 14.3 Å². The van der Waals surface area contributed by atoms with E-state index in [2.05, 4.69) is 5.32 Å². The molecule has 0 aromatic heterocycles. The molecule has 0 saturated carbocycles. The van der Waals surface area contributed by atoms with Crippen molar-refractivity contribution in [2.24, 2.45) is 0 Å². The fourth-order valence-electron chi connectivity index (χ4n) is 1.95. The van der Waals surface area contributed by atoms with Gasteiger partial charge in [0, 0.05) is 32.7 Å². The van der Waals surface area contributed by atoms with Gasteiger partial charge in [-0.25, -0.2) is 9.59 Å². The number of hydrogen-bond acceptors (Lipinski definition) is 4. The highest BCUT2D eigenvalue weighted by atomic mass is 16.5. The zero-order chi connectivity index (χ0) is 14.5. The van der Waals surface area contributed by atoms with E-state index in [0.29, 0.717) is 19.8 Å². The molecule has 110 valence electrons. The smallest absolute Gasteiger partial charge is 0.332 e. The fraction of sp³-hybridized carbons (Fsp3) is 0.833. The highest BCUT2D eigenvalue weighted by molar-refractivity contribution is 5.86. The Bertz CT molecular complexity index is 326. The summed E-state index contributed by atoms with van der Waals surface area (Å²) in [4.78, 5) is 25.1. The number of methoxy groups -OCH3 is 1. The Morgan fingerprint density at radius 1 is 1.53 bits per heavy atom. The zero-order valence-corrected chi connectivity index (χ0v) is 11.6. The minimum absolute atomic E-state index is 0.00425. The Morgan fingerprint density at radius 3 is 2.63 bits per heavy atom. The standard InChI is InChI=1S/C12H22N2O5/c1-9(2)14(5-7-18-3)11(17)13-12(10(15)16)4-6-19-8-12/h9H,4-8H2,1-3H3,(H,13,17)(H,15,16). The number of aliphatic carboxylic acids is 1.